The van der Waals surface area contributed by atoms with Crippen molar-refractivity contribution >= 4 is 5.97 Å². The predicted molar refractivity (Wildman–Crippen MR) is 79.1 cm³/mol. The van der Waals surface area contributed by atoms with Crippen molar-refractivity contribution in [2.45, 2.75) is 26.4 Å². The molecule has 116 valence electrons. The van der Waals surface area contributed by atoms with Gasteiger partial charge in [0.2, 0.25) is 0 Å². The number of carboxylic acids is 1. The Kier molecular flexibility index (Phi) is 3.70. The van der Waals surface area contributed by atoms with Crippen molar-refractivity contribution in [2.75, 3.05) is 6.54 Å². The first-order valence-corrected chi connectivity index (χ1v) is 7.20. The SMILES string of the molecule is Cc1cc(F)cc(CN2CCc3c(C(=O)O)nn(C)c3C2)c1. The Hall–Kier alpha value is -2.21. The summed E-state index contributed by atoms with van der Waals surface area (Å²) in [7, 11) is 1.76. The standard InChI is InChI=1S/C16H18FN3O2/c1-10-5-11(7-12(17)6-10)8-20-4-3-13-14(9-20)19(2)18-15(13)16(21)22/h5-7H,3-4,8-9H2,1-2H3,(H,21,22). The van der Waals surface area contributed by atoms with Gasteiger partial charge in [0.15, 0.2) is 5.69 Å². The van der Waals surface area contributed by atoms with Crippen LogP contribution in [0.5, 0.6) is 0 Å². The number of aryl methyl sites for hydroxylation is 2. The quantitative estimate of drug-likeness (QED) is 0.943. The summed E-state index contributed by atoms with van der Waals surface area (Å²) in [6.45, 7) is 3.89. The van der Waals surface area contributed by atoms with Gasteiger partial charge in [0, 0.05) is 32.2 Å². The summed E-state index contributed by atoms with van der Waals surface area (Å²) in [6, 6.07) is 5.04. The van der Waals surface area contributed by atoms with Crippen LogP contribution in [0, 0.1) is 12.7 Å². The third kappa shape index (κ3) is 2.74. The zero-order valence-electron chi connectivity index (χ0n) is 12.6. The first-order chi connectivity index (χ1) is 10.4. The van der Waals surface area contributed by atoms with Gasteiger partial charge < -0.3 is 5.11 Å². The minimum Gasteiger partial charge on any atom is -0.476 e. The fourth-order valence-corrected chi connectivity index (χ4v) is 3.09. The first-order valence-electron chi connectivity index (χ1n) is 7.20. The van der Waals surface area contributed by atoms with Crippen LogP contribution in [0.25, 0.3) is 0 Å². The van der Waals surface area contributed by atoms with Crippen LogP contribution in [0.15, 0.2) is 18.2 Å². The van der Waals surface area contributed by atoms with Gasteiger partial charge in [0.25, 0.3) is 0 Å². The van der Waals surface area contributed by atoms with Crippen molar-refractivity contribution < 1.29 is 14.3 Å². The lowest BCUT2D eigenvalue weighted by Crippen LogP contribution is -2.31. The van der Waals surface area contributed by atoms with Crippen LogP contribution in [0.3, 0.4) is 0 Å². The Bertz CT molecular complexity index is 719. The molecule has 1 aromatic heterocycles. The highest BCUT2D eigenvalue weighted by molar-refractivity contribution is 5.87. The summed E-state index contributed by atoms with van der Waals surface area (Å²) in [4.78, 5) is 13.4. The first kappa shape index (κ1) is 14.7. The predicted octanol–water partition coefficient (Wildman–Crippen LogP) is 2.12. The summed E-state index contributed by atoms with van der Waals surface area (Å²) in [5.41, 5.74) is 3.74. The van der Waals surface area contributed by atoms with Crippen molar-refractivity contribution in [3.63, 3.8) is 0 Å². The molecule has 1 aliphatic rings. The van der Waals surface area contributed by atoms with Crippen LogP contribution in [0.1, 0.15) is 32.9 Å². The van der Waals surface area contributed by atoms with Crippen LogP contribution in [0.2, 0.25) is 0 Å². The van der Waals surface area contributed by atoms with Gasteiger partial charge in [0.05, 0.1) is 5.69 Å². The molecule has 22 heavy (non-hydrogen) atoms. The third-order valence-corrected chi connectivity index (χ3v) is 4.04. The van der Waals surface area contributed by atoms with Crippen molar-refractivity contribution in [3.05, 3.63) is 52.1 Å². The van der Waals surface area contributed by atoms with Gasteiger partial charge in [-0.3, -0.25) is 9.58 Å². The summed E-state index contributed by atoms with van der Waals surface area (Å²) in [5.74, 6) is -1.20. The lowest BCUT2D eigenvalue weighted by atomic mass is 10.0. The molecule has 0 fully saturated rings. The molecule has 1 aliphatic heterocycles. The van der Waals surface area contributed by atoms with Crippen LogP contribution in [-0.4, -0.2) is 32.3 Å². The maximum absolute atomic E-state index is 13.5. The highest BCUT2D eigenvalue weighted by atomic mass is 19.1. The number of carbonyl (C=O) groups is 1. The molecule has 0 bridgehead atoms. The minimum atomic E-state index is -0.981. The smallest absolute Gasteiger partial charge is 0.356 e. The number of halogens is 1. The molecule has 2 aromatic rings. The fraction of sp³-hybridized carbons (Fsp3) is 0.375. The molecule has 3 rings (SSSR count). The number of benzene rings is 1. The second kappa shape index (κ2) is 5.53. The van der Waals surface area contributed by atoms with Gasteiger partial charge in [-0.05, 0) is 36.6 Å². The summed E-state index contributed by atoms with van der Waals surface area (Å²) in [6.07, 6.45) is 0.652. The number of rotatable bonds is 3. The molecule has 0 saturated heterocycles. The number of aromatic nitrogens is 2. The lowest BCUT2D eigenvalue weighted by molar-refractivity contribution is 0.0688. The number of hydrogen-bond acceptors (Lipinski definition) is 3. The van der Waals surface area contributed by atoms with Crippen molar-refractivity contribution in [1.82, 2.24) is 14.7 Å². The molecule has 1 N–H and O–H groups in total. The van der Waals surface area contributed by atoms with E-state index in [2.05, 4.69) is 10.00 Å². The Morgan fingerprint density at radius 2 is 2.18 bits per heavy atom. The highest BCUT2D eigenvalue weighted by Gasteiger charge is 2.26. The van der Waals surface area contributed by atoms with E-state index < -0.39 is 5.97 Å². The van der Waals surface area contributed by atoms with E-state index in [0.717, 1.165) is 28.9 Å². The van der Waals surface area contributed by atoms with E-state index in [4.69, 9.17) is 0 Å². The Balaban J connectivity index is 1.81. The topological polar surface area (TPSA) is 58.4 Å². The fourth-order valence-electron chi connectivity index (χ4n) is 3.09. The van der Waals surface area contributed by atoms with Crippen molar-refractivity contribution in [3.8, 4) is 0 Å². The minimum absolute atomic E-state index is 0.152. The molecule has 0 amide bonds. The van der Waals surface area contributed by atoms with Crippen molar-refractivity contribution in [1.29, 1.82) is 0 Å². The molecular weight excluding hydrogens is 285 g/mol. The Labute approximate surface area is 128 Å². The van der Waals surface area contributed by atoms with Crippen LogP contribution in [-0.2, 0) is 26.6 Å². The van der Waals surface area contributed by atoms with E-state index in [-0.39, 0.29) is 11.5 Å². The van der Waals surface area contributed by atoms with Gasteiger partial charge in [-0.2, -0.15) is 5.10 Å². The van der Waals surface area contributed by atoms with Gasteiger partial charge in [0.1, 0.15) is 5.82 Å². The van der Waals surface area contributed by atoms with Gasteiger partial charge in [-0.25, -0.2) is 9.18 Å². The van der Waals surface area contributed by atoms with E-state index in [1.54, 1.807) is 17.8 Å². The van der Waals surface area contributed by atoms with Crippen LogP contribution < -0.4 is 0 Å². The molecule has 2 heterocycles. The zero-order valence-corrected chi connectivity index (χ0v) is 12.6. The van der Waals surface area contributed by atoms with E-state index in [1.807, 2.05) is 13.0 Å². The molecule has 0 radical (unpaired) electrons. The summed E-state index contributed by atoms with van der Waals surface area (Å²) in [5, 5.41) is 13.3. The Morgan fingerprint density at radius 1 is 1.41 bits per heavy atom. The number of nitrogens with zero attached hydrogens (tertiary/aromatic N) is 3. The van der Waals surface area contributed by atoms with E-state index in [9.17, 15) is 14.3 Å². The summed E-state index contributed by atoms with van der Waals surface area (Å²) >= 11 is 0. The monoisotopic (exact) mass is 303 g/mol. The second-order valence-corrected chi connectivity index (χ2v) is 5.80. The molecule has 0 spiro atoms. The third-order valence-electron chi connectivity index (χ3n) is 4.04. The summed E-state index contributed by atoms with van der Waals surface area (Å²) < 4.78 is 15.1. The molecule has 0 atom stereocenters. The number of carboxylic acid groups (broad SMARTS) is 1. The zero-order chi connectivity index (χ0) is 15.9. The molecule has 0 aliphatic carbocycles. The Morgan fingerprint density at radius 3 is 2.86 bits per heavy atom. The van der Waals surface area contributed by atoms with E-state index in [1.165, 1.54) is 6.07 Å². The molecule has 6 heteroatoms. The average Bonchev–Trinajstić information content (AvgIpc) is 2.75. The largest absolute Gasteiger partial charge is 0.476 e. The van der Waals surface area contributed by atoms with Crippen LogP contribution >= 0.6 is 0 Å². The highest BCUT2D eigenvalue weighted by Crippen LogP contribution is 2.23. The van der Waals surface area contributed by atoms with Gasteiger partial charge >= 0.3 is 5.97 Å². The lowest BCUT2D eigenvalue weighted by Gasteiger charge is -2.27. The van der Waals surface area contributed by atoms with Crippen molar-refractivity contribution in [2.24, 2.45) is 7.05 Å². The maximum Gasteiger partial charge on any atom is 0.356 e. The van der Waals surface area contributed by atoms with Gasteiger partial charge in [-0.15, -0.1) is 0 Å². The molecule has 0 saturated carbocycles. The number of fused-ring (bicyclic) bond motifs is 1. The number of hydrogen-bond donors (Lipinski definition) is 1. The normalized spacial score (nSPS) is 14.9. The van der Waals surface area contributed by atoms with Gasteiger partial charge in [-0.1, -0.05) is 6.07 Å². The van der Waals surface area contributed by atoms with E-state index in [0.29, 0.717) is 19.5 Å². The van der Waals surface area contributed by atoms with E-state index >= 15 is 0 Å². The average molecular weight is 303 g/mol. The molecular formula is C16H18FN3O2. The number of aromatic carboxylic acids is 1. The molecule has 5 nitrogen and oxygen atoms in total. The second-order valence-electron chi connectivity index (χ2n) is 5.80. The molecule has 1 aromatic carbocycles. The maximum atomic E-state index is 13.5. The van der Waals surface area contributed by atoms with Crippen LogP contribution in [0.4, 0.5) is 4.39 Å². The molecule has 0 unspecified atom stereocenters.